The van der Waals surface area contributed by atoms with Crippen molar-refractivity contribution in [1.82, 2.24) is 14.7 Å². The second-order valence-corrected chi connectivity index (χ2v) is 7.85. The lowest BCUT2D eigenvalue weighted by atomic mass is 9.99. The molecule has 8 nitrogen and oxygen atoms in total. The lowest BCUT2D eigenvalue weighted by Crippen LogP contribution is -2.45. The van der Waals surface area contributed by atoms with Crippen LogP contribution >= 0.6 is 11.3 Å². The molecule has 2 atom stereocenters. The molecule has 2 unspecified atom stereocenters. The molecule has 1 aromatic carbocycles. The molecule has 0 saturated carbocycles. The number of fused-ring (bicyclic) bond motifs is 1. The molecule has 0 aliphatic heterocycles. The van der Waals surface area contributed by atoms with Gasteiger partial charge >= 0.3 is 5.97 Å². The maximum absolute atomic E-state index is 12.5. The molecule has 0 saturated heterocycles. The van der Waals surface area contributed by atoms with Gasteiger partial charge in [0, 0.05) is 22.8 Å². The summed E-state index contributed by atoms with van der Waals surface area (Å²) in [6.45, 7) is 3.71. The number of aromatic nitrogens is 2. The zero-order valence-corrected chi connectivity index (χ0v) is 18.2. The van der Waals surface area contributed by atoms with Crippen LogP contribution in [0, 0.1) is 5.92 Å². The molecule has 3 rings (SSSR count). The second-order valence-electron chi connectivity index (χ2n) is 7.02. The predicted octanol–water partition coefficient (Wildman–Crippen LogP) is 3.24. The summed E-state index contributed by atoms with van der Waals surface area (Å²) in [6, 6.07) is 4.57. The van der Waals surface area contributed by atoms with Crippen molar-refractivity contribution in [2.24, 2.45) is 5.92 Å². The first-order valence-corrected chi connectivity index (χ1v) is 10.5. The number of carboxylic acid groups (broad SMARTS) is 1. The molecular weight excluding hydrogens is 406 g/mol. The summed E-state index contributed by atoms with van der Waals surface area (Å²) in [7, 11) is 3.19. The predicted molar refractivity (Wildman–Crippen MR) is 114 cm³/mol. The molecular formula is C21H25N3O5S. The highest BCUT2D eigenvalue weighted by atomic mass is 32.1. The van der Waals surface area contributed by atoms with Gasteiger partial charge in [0.15, 0.2) is 4.96 Å². The van der Waals surface area contributed by atoms with Crippen molar-refractivity contribution in [2.45, 2.75) is 32.7 Å². The van der Waals surface area contributed by atoms with Crippen LogP contribution in [0.15, 0.2) is 29.8 Å². The number of hydrogen-bond acceptors (Lipinski definition) is 6. The molecule has 0 fully saturated rings. The van der Waals surface area contributed by atoms with Gasteiger partial charge < -0.3 is 19.9 Å². The van der Waals surface area contributed by atoms with Crippen molar-refractivity contribution in [2.75, 3.05) is 14.2 Å². The number of nitrogens with one attached hydrogen (secondary N) is 1. The number of carbonyl (C=O) groups excluding carboxylic acids is 1. The molecule has 9 heteroatoms. The summed E-state index contributed by atoms with van der Waals surface area (Å²) in [4.78, 5) is 29.4. The van der Waals surface area contributed by atoms with E-state index in [1.165, 1.54) is 11.3 Å². The molecule has 0 aliphatic rings. The number of imidazole rings is 1. The Labute approximate surface area is 178 Å². The minimum atomic E-state index is -1.02. The van der Waals surface area contributed by atoms with E-state index in [-0.39, 0.29) is 18.2 Å². The van der Waals surface area contributed by atoms with E-state index < -0.39 is 12.0 Å². The fourth-order valence-electron chi connectivity index (χ4n) is 3.17. The van der Waals surface area contributed by atoms with Gasteiger partial charge in [-0.1, -0.05) is 20.3 Å². The zero-order chi connectivity index (χ0) is 21.8. The van der Waals surface area contributed by atoms with Gasteiger partial charge in [-0.2, -0.15) is 0 Å². The van der Waals surface area contributed by atoms with Crippen LogP contribution in [0.5, 0.6) is 11.5 Å². The van der Waals surface area contributed by atoms with Crippen molar-refractivity contribution < 1.29 is 24.2 Å². The van der Waals surface area contributed by atoms with Crippen LogP contribution in [0.1, 0.15) is 26.0 Å². The molecule has 2 N–H and O–H groups in total. The lowest BCUT2D eigenvalue weighted by Gasteiger charge is -2.20. The van der Waals surface area contributed by atoms with E-state index in [2.05, 4.69) is 10.3 Å². The van der Waals surface area contributed by atoms with Gasteiger partial charge in [0.25, 0.3) is 0 Å². The molecule has 0 radical (unpaired) electrons. The van der Waals surface area contributed by atoms with Gasteiger partial charge in [0.2, 0.25) is 5.91 Å². The van der Waals surface area contributed by atoms with Gasteiger partial charge in [-0.05, 0) is 24.1 Å². The number of hydrogen-bond donors (Lipinski definition) is 2. The molecule has 30 heavy (non-hydrogen) atoms. The maximum Gasteiger partial charge on any atom is 0.326 e. The van der Waals surface area contributed by atoms with Gasteiger partial charge in [-0.15, -0.1) is 11.3 Å². The molecule has 3 aromatic rings. The smallest absolute Gasteiger partial charge is 0.326 e. The van der Waals surface area contributed by atoms with Crippen LogP contribution in [-0.4, -0.2) is 46.6 Å². The zero-order valence-electron chi connectivity index (χ0n) is 17.3. The van der Waals surface area contributed by atoms with Crippen molar-refractivity contribution in [3.63, 3.8) is 0 Å². The highest BCUT2D eigenvalue weighted by molar-refractivity contribution is 7.15. The first kappa shape index (κ1) is 21.6. The van der Waals surface area contributed by atoms with Crippen molar-refractivity contribution in [1.29, 1.82) is 0 Å². The number of amides is 1. The fraction of sp³-hybridized carbons (Fsp3) is 0.381. The van der Waals surface area contributed by atoms with Gasteiger partial charge in [0.05, 0.1) is 26.3 Å². The van der Waals surface area contributed by atoms with E-state index in [1.807, 2.05) is 48.0 Å². The quantitative estimate of drug-likeness (QED) is 0.539. The fourth-order valence-corrected chi connectivity index (χ4v) is 4.05. The Hall–Kier alpha value is -3.07. The standard InChI is InChI=1S/C21H25N3O5S/c1-5-12(2)19(20(26)27)23-18(25)8-13-11-30-21-22-16(10-24(13)21)15-9-14(28-3)6-7-17(15)29-4/h6-7,9-12,19H,5,8H2,1-4H3,(H,23,25)(H,26,27). The first-order chi connectivity index (χ1) is 14.4. The van der Waals surface area contributed by atoms with E-state index in [0.717, 1.165) is 16.2 Å². The number of carboxylic acids is 1. The number of rotatable bonds is 9. The van der Waals surface area contributed by atoms with Crippen LogP contribution in [0.4, 0.5) is 0 Å². The Morgan fingerprint density at radius 1 is 1.30 bits per heavy atom. The Balaban J connectivity index is 1.86. The van der Waals surface area contributed by atoms with Gasteiger partial charge in [-0.25, -0.2) is 9.78 Å². The van der Waals surface area contributed by atoms with Gasteiger partial charge in [-0.3, -0.25) is 9.20 Å². The summed E-state index contributed by atoms with van der Waals surface area (Å²) in [5.41, 5.74) is 2.22. The van der Waals surface area contributed by atoms with Crippen LogP contribution in [0.25, 0.3) is 16.2 Å². The third-order valence-electron chi connectivity index (χ3n) is 5.10. The summed E-state index contributed by atoms with van der Waals surface area (Å²) >= 11 is 1.41. The average Bonchev–Trinajstić information content (AvgIpc) is 3.32. The summed E-state index contributed by atoms with van der Waals surface area (Å²) < 4.78 is 12.6. The maximum atomic E-state index is 12.5. The number of ether oxygens (including phenoxy) is 2. The number of aliphatic carboxylic acids is 1. The SMILES string of the molecule is CCC(C)C(NC(=O)Cc1csc2nc(-c3cc(OC)ccc3OC)cn12)C(=O)O. The highest BCUT2D eigenvalue weighted by Crippen LogP contribution is 2.34. The Morgan fingerprint density at radius 2 is 2.07 bits per heavy atom. The topological polar surface area (TPSA) is 102 Å². The van der Waals surface area contributed by atoms with E-state index in [4.69, 9.17) is 9.47 Å². The molecule has 2 aromatic heterocycles. The second kappa shape index (κ2) is 9.17. The van der Waals surface area contributed by atoms with Crippen LogP contribution in [0.3, 0.4) is 0 Å². The third-order valence-corrected chi connectivity index (χ3v) is 5.99. The number of methoxy groups -OCH3 is 2. The van der Waals surface area contributed by atoms with Gasteiger partial charge in [0.1, 0.15) is 17.5 Å². The molecule has 0 bridgehead atoms. The lowest BCUT2D eigenvalue weighted by molar-refractivity contribution is -0.143. The van der Waals surface area contributed by atoms with Crippen molar-refractivity contribution in [3.8, 4) is 22.8 Å². The number of benzene rings is 1. The number of nitrogens with zero attached hydrogens (tertiary/aromatic N) is 2. The largest absolute Gasteiger partial charge is 0.497 e. The third kappa shape index (κ3) is 4.40. The first-order valence-electron chi connectivity index (χ1n) is 9.57. The molecule has 160 valence electrons. The average molecular weight is 432 g/mol. The molecule has 0 spiro atoms. The van der Waals surface area contributed by atoms with Crippen LogP contribution in [-0.2, 0) is 16.0 Å². The Kier molecular flexibility index (Phi) is 6.61. The minimum absolute atomic E-state index is 0.0608. The summed E-state index contributed by atoms with van der Waals surface area (Å²) in [6.07, 6.45) is 2.56. The highest BCUT2D eigenvalue weighted by Gasteiger charge is 2.25. The molecule has 0 aliphatic carbocycles. The Morgan fingerprint density at radius 3 is 2.70 bits per heavy atom. The monoisotopic (exact) mass is 431 g/mol. The van der Waals surface area contributed by atoms with Crippen molar-refractivity contribution in [3.05, 3.63) is 35.5 Å². The van der Waals surface area contributed by atoms with E-state index >= 15 is 0 Å². The Bertz CT molecular complexity index is 1060. The van der Waals surface area contributed by atoms with Crippen LogP contribution in [0.2, 0.25) is 0 Å². The van der Waals surface area contributed by atoms with Crippen molar-refractivity contribution >= 4 is 28.2 Å². The molecule has 1 amide bonds. The minimum Gasteiger partial charge on any atom is -0.497 e. The van der Waals surface area contributed by atoms with E-state index in [0.29, 0.717) is 23.6 Å². The normalized spacial score (nSPS) is 13.1. The number of thiazole rings is 1. The molecule has 2 heterocycles. The summed E-state index contributed by atoms with van der Waals surface area (Å²) in [5, 5.41) is 13.9. The van der Waals surface area contributed by atoms with E-state index in [1.54, 1.807) is 14.2 Å². The number of carbonyl (C=O) groups is 2. The van der Waals surface area contributed by atoms with E-state index in [9.17, 15) is 14.7 Å². The summed E-state index contributed by atoms with van der Waals surface area (Å²) in [5.74, 6) is -0.167. The van der Waals surface area contributed by atoms with Crippen LogP contribution < -0.4 is 14.8 Å².